The molecule has 0 aliphatic carbocycles. The molecule has 0 aliphatic rings. The number of rotatable bonds is 14. The molecule has 0 unspecified atom stereocenters. The number of esters is 1. The van der Waals surface area contributed by atoms with Crippen LogP contribution in [0.15, 0.2) is 12.2 Å². The van der Waals surface area contributed by atoms with Crippen molar-refractivity contribution in [3.05, 3.63) is 12.2 Å². The molecule has 0 aliphatic heterocycles. The van der Waals surface area contributed by atoms with Crippen LogP contribution in [0, 0.1) is 0 Å². The quantitative estimate of drug-likeness (QED) is 0.196. The predicted octanol–water partition coefficient (Wildman–Crippen LogP) is 4.99. The molecule has 0 rings (SSSR count). The summed E-state index contributed by atoms with van der Waals surface area (Å²) in [5.41, 5.74) is 0. The predicted molar refractivity (Wildman–Crippen MR) is 87.2 cm³/mol. The van der Waals surface area contributed by atoms with Crippen LogP contribution < -0.4 is 0 Å². The van der Waals surface area contributed by atoms with E-state index in [1.54, 1.807) is 0 Å². The maximum Gasteiger partial charge on any atom is 0.313 e. The monoisotopic (exact) mass is 296 g/mol. The minimum Gasteiger partial charge on any atom is -0.469 e. The standard InChI is InChI=1S/C18H32O3/c1-3-4-5-6-7-8-9-10-11-12-13-14-15-17(19)16-18(20)21-2/h12-13H,3-11,14-16H2,1-2H3/b13-12+. The number of hydrogen-bond donors (Lipinski definition) is 0. The first-order valence-electron chi connectivity index (χ1n) is 8.44. The lowest BCUT2D eigenvalue weighted by molar-refractivity contribution is -0.143. The van der Waals surface area contributed by atoms with Crippen LogP contribution in [0.5, 0.6) is 0 Å². The molecule has 0 saturated carbocycles. The van der Waals surface area contributed by atoms with Crippen LogP contribution in [-0.4, -0.2) is 18.9 Å². The van der Waals surface area contributed by atoms with Gasteiger partial charge >= 0.3 is 5.97 Å². The van der Waals surface area contributed by atoms with Crippen molar-refractivity contribution in [2.75, 3.05) is 7.11 Å². The van der Waals surface area contributed by atoms with Crippen LogP contribution in [0.4, 0.5) is 0 Å². The lowest BCUT2D eigenvalue weighted by Crippen LogP contribution is -2.08. The first kappa shape index (κ1) is 19.9. The maximum atomic E-state index is 11.4. The summed E-state index contributed by atoms with van der Waals surface area (Å²) in [6.45, 7) is 2.25. The topological polar surface area (TPSA) is 43.4 Å². The fourth-order valence-electron chi connectivity index (χ4n) is 2.20. The van der Waals surface area contributed by atoms with Crippen LogP contribution in [0.3, 0.4) is 0 Å². The smallest absolute Gasteiger partial charge is 0.313 e. The highest BCUT2D eigenvalue weighted by molar-refractivity contribution is 5.95. The Bertz CT molecular complexity index is 295. The molecule has 122 valence electrons. The van der Waals surface area contributed by atoms with Gasteiger partial charge in [-0.05, 0) is 19.3 Å². The average molecular weight is 296 g/mol. The summed E-state index contributed by atoms with van der Waals surface area (Å²) in [4.78, 5) is 22.2. The van der Waals surface area contributed by atoms with E-state index >= 15 is 0 Å². The highest BCUT2D eigenvalue weighted by atomic mass is 16.5. The summed E-state index contributed by atoms with van der Waals surface area (Å²) >= 11 is 0. The molecule has 0 N–H and O–H groups in total. The van der Waals surface area contributed by atoms with Gasteiger partial charge in [0.05, 0.1) is 7.11 Å². The second-order valence-electron chi connectivity index (χ2n) is 5.57. The summed E-state index contributed by atoms with van der Waals surface area (Å²) in [5, 5.41) is 0. The van der Waals surface area contributed by atoms with Crippen molar-refractivity contribution >= 4 is 11.8 Å². The second kappa shape index (κ2) is 15.3. The van der Waals surface area contributed by atoms with Gasteiger partial charge in [-0.15, -0.1) is 0 Å². The molecule has 0 saturated heterocycles. The van der Waals surface area contributed by atoms with Gasteiger partial charge in [0, 0.05) is 6.42 Å². The Labute approximate surface area is 130 Å². The molecule has 0 aromatic carbocycles. The van der Waals surface area contributed by atoms with E-state index in [4.69, 9.17) is 0 Å². The van der Waals surface area contributed by atoms with Crippen molar-refractivity contribution in [3.63, 3.8) is 0 Å². The molecule has 0 heterocycles. The molecule has 0 bridgehead atoms. The van der Waals surface area contributed by atoms with Crippen molar-refractivity contribution in [2.24, 2.45) is 0 Å². The van der Waals surface area contributed by atoms with Crippen LogP contribution >= 0.6 is 0 Å². The molecule has 0 aromatic rings. The highest BCUT2D eigenvalue weighted by Gasteiger charge is 2.07. The summed E-state index contributed by atoms with van der Waals surface area (Å²) < 4.78 is 4.46. The van der Waals surface area contributed by atoms with E-state index in [0.29, 0.717) is 6.42 Å². The molecule has 0 spiro atoms. The van der Waals surface area contributed by atoms with Gasteiger partial charge in [0.15, 0.2) is 0 Å². The Morgan fingerprint density at radius 2 is 1.43 bits per heavy atom. The largest absolute Gasteiger partial charge is 0.469 e. The van der Waals surface area contributed by atoms with E-state index in [9.17, 15) is 9.59 Å². The number of methoxy groups -OCH3 is 1. The van der Waals surface area contributed by atoms with E-state index in [0.717, 1.165) is 12.8 Å². The number of carbonyl (C=O) groups excluding carboxylic acids is 2. The molecule has 21 heavy (non-hydrogen) atoms. The number of allylic oxidation sites excluding steroid dienone is 2. The number of unbranched alkanes of at least 4 members (excludes halogenated alkanes) is 8. The number of ether oxygens (including phenoxy) is 1. The third-order valence-electron chi connectivity index (χ3n) is 3.55. The molecule has 0 fully saturated rings. The molecule has 3 heteroatoms. The molecular weight excluding hydrogens is 264 g/mol. The van der Waals surface area contributed by atoms with E-state index in [1.807, 2.05) is 0 Å². The summed E-state index contributed by atoms with van der Waals surface area (Å²) in [6.07, 6.45) is 17.1. The Morgan fingerprint density at radius 1 is 0.857 bits per heavy atom. The van der Waals surface area contributed by atoms with Crippen LogP contribution in [-0.2, 0) is 14.3 Å². The molecule has 0 aromatic heterocycles. The SMILES string of the molecule is CCCCCCCCCC/C=C/CCC(=O)CC(=O)OC. The number of hydrogen-bond acceptors (Lipinski definition) is 3. The van der Waals surface area contributed by atoms with Crippen LogP contribution in [0.1, 0.15) is 84.0 Å². The Balaban J connectivity index is 3.29. The third kappa shape index (κ3) is 15.1. The number of carbonyl (C=O) groups is 2. The minimum atomic E-state index is -0.442. The van der Waals surface area contributed by atoms with Crippen molar-refractivity contribution in [3.8, 4) is 0 Å². The lowest BCUT2D eigenvalue weighted by atomic mass is 10.1. The Hall–Kier alpha value is -1.12. The average Bonchev–Trinajstić information content (AvgIpc) is 2.48. The highest BCUT2D eigenvalue weighted by Crippen LogP contribution is 2.10. The van der Waals surface area contributed by atoms with Gasteiger partial charge in [-0.25, -0.2) is 0 Å². The fraction of sp³-hybridized carbons (Fsp3) is 0.778. The van der Waals surface area contributed by atoms with Crippen molar-refractivity contribution < 1.29 is 14.3 Å². The summed E-state index contributed by atoms with van der Waals surface area (Å²) in [7, 11) is 1.30. The maximum absolute atomic E-state index is 11.4. The first-order chi connectivity index (χ1) is 10.2. The van der Waals surface area contributed by atoms with Crippen LogP contribution in [0.25, 0.3) is 0 Å². The zero-order valence-electron chi connectivity index (χ0n) is 13.9. The van der Waals surface area contributed by atoms with E-state index in [1.165, 1.54) is 58.5 Å². The molecular formula is C18H32O3. The normalized spacial score (nSPS) is 11.0. The first-order valence-corrected chi connectivity index (χ1v) is 8.44. The number of ketones is 1. The fourth-order valence-corrected chi connectivity index (χ4v) is 2.20. The molecule has 0 radical (unpaired) electrons. The third-order valence-corrected chi connectivity index (χ3v) is 3.55. The molecule has 0 atom stereocenters. The van der Waals surface area contributed by atoms with Crippen molar-refractivity contribution in [1.82, 2.24) is 0 Å². The van der Waals surface area contributed by atoms with E-state index in [-0.39, 0.29) is 12.2 Å². The number of Topliss-reactive ketones (excluding diaryl/α,β-unsaturated/α-hetero) is 1. The Kier molecular flexibility index (Phi) is 14.5. The zero-order valence-corrected chi connectivity index (χ0v) is 13.9. The van der Waals surface area contributed by atoms with Gasteiger partial charge in [-0.3, -0.25) is 9.59 Å². The van der Waals surface area contributed by atoms with Crippen molar-refractivity contribution in [2.45, 2.75) is 84.0 Å². The molecule has 3 nitrogen and oxygen atoms in total. The van der Waals surface area contributed by atoms with Gasteiger partial charge in [0.1, 0.15) is 12.2 Å². The minimum absolute atomic E-state index is 0.0430. The van der Waals surface area contributed by atoms with Gasteiger partial charge in [-0.1, -0.05) is 64.0 Å². The van der Waals surface area contributed by atoms with E-state index in [2.05, 4.69) is 23.8 Å². The molecule has 0 amide bonds. The van der Waals surface area contributed by atoms with Gasteiger partial charge in [-0.2, -0.15) is 0 Å². The van der Waals surface area contributed by atoms with Gasteiger partial charge < -0.3 is 4.74 Å². The summed E-state index contributed by atoms with van der Waals surface area (Å²) in [6, 6.07) is 0. The van der Waals surface area contributed by atoms with Crippen LogP contribution in [0.2, 0.25) is 0 Å². The van der Waals surface area contributed by atoms with Crippen molar-refractivity contribution in [1.29, 1.82) is 0 Å². The summed E-state index contributed by atoms with van der Waals surface area (Å²) in [5.74, 6) is -0.485. The second-order valence-corrected chi connectivity index (χ2v) is 5.57. The Morgan fingerprint density at radius 3 is 2.05 bits per heavy atom. The lowest BCUT2D eigenvalue weighted by Gasteiger charge is -2.00. The zero-order chi connectivity index (χ0) is 15.8. The van der Waals surface area contributed by atoms with Gasteiger partial charge in [0.25, 0.3) is 0 Å². The van der Waals surface area contributed by atoms with E-state index < -0.39 is 5.97 Å². The van der Waals surface area contributed by atoms with Gasteiger partial charge in [0.2, 0.25) is 0 Å².